The molecule has 238 valence electrons. The fourth-order valence-corrected chi connectivity index (χ4v) is 6.48. The third-order valence-corrected chi connectivity index (χ3v) is 8.97. The van der Waals surface area contributed by atoms with Crippen LogP contribution in [-0.4, -0.2) is 57.5 Å². The Bertz CT molecular complexity index is 1580. The van der Waals surface area contributed by atoms with E-state index in [0.29, 0.717) is 17.9 Å². The number of rotatable bonds is 12. The summed E-state index contributed by atoms with van der Waals surface area (Å²) < 4.78 is 40.5. The van der Waals surface area contributed by atoms with Gasteiger partial charge in [-0.25, -0.2) is 8.42 Å². The lowest BCUT2D eigenvalue weighted by Crippen LogP contribution is -2.55. The maximum atomic E-state index is 14.4. The molecule has 0 aliphatic rings. The molecule has 10 heteroatoms. The fourth-order valence-electron chi connectivity index (χ4n) is 5.07. The van der Waals surface area contributed by atoms with E-state index in [-0.39, 0.29) is 23.1 Å². The third-order valence-electron chi connectivity index (χ3n) is 7.20. The number of aryl methyl sites for hydroxylation is 3. The number of anilines is 1. The van der Waals surface area contributed by atoms with Gasteiger partial charge in [-0.1, -0.05) is 37.3 Å². The highest BCUT2D eigenvalue weighted by molar-refractivity contribution is 7.92. The Kier molecular flexibility index (Phi) is 11.1. The molecular formula is C34H45N3O6S. The third kappa shape index (κ3) is 8.31. The topological polar surface area (TPSA) is 105 Å². The van der Waals surface area contributed by atoms with Crippen LogP contribution in [0.15, 0.2) is 65.6 Å². The lowest BCUT2D eigenvalue weighted by molar-refractivity contribution is -0.141. The number of amides is 2. The quantitative estimate of drug-likeness (QED) is 0.284. The molecule has 1 N–H and O–H groups in total. The standard InChI is InChI=1S/C34H45N3O6S/c1-10-29(33(39)35-34(5,6)7)36(21-26-14-12-11-13-25(26)4)32(38)22-37(27-18-23(2)17-24(3)19-27)44(40,41)28-15-16-30(42-8)31(20-28)43-9/h11-20,29H,10,21-22H2,1-9H3,(H,35,39). The molecule has 0 radical (unpaired) electrons. The lowest BCUT2D eigenvalue weighted by Gasteiger charge is -2.35. The number of hydrogen-bond donors (Lipinski definition) is 1. The van der Waals surface area contributed by atoms with Crippen molar-refractivity contribution in [2.45, 2.75) is 77.9 Å². The van der Waals surface area contributed by atoms with Crippen LogP contribution in [0.5, 0.6) is 11.5 Å². The van der Waals surface area contributed by atoms with Gasteiger partial charge in [0.1, 0.15) is 12.6 Å². The van der Waals surface area contributed by atoms with Crippen LogP contribution < -0.4 is 19.1 Å². The van der Waals surface area contributed by atoms with Crippen LogP contribution in [0.25, 0.3) is 0 Å². The van der Waals surface area contributed by atoms with Gasteiger partial charge < -0.3 is 19.7 Å². The number of nitrogens with one attached hydrogen (secondary N) is 1. The number of methoxy groups -OCH3 is 2. The molecule has 0 bridgehead atoms. The van der Waals surface area contributed by atoms with Crippen molar-refractivity contribution in [3.05, 3.63) is 82.9 Å². The van der Waals surface area contributed by atoms with Crippen LogP contribution in [0, 0.1) is 20.8 Å². The van der Waals surface area contributed by atoms with Gasteiger partial charge in [-0.3, -0.25) is 13.9 Å². The average molecular weight is 624 g/mol. The van der Waals surface area contributed by atoms with E-state index in [2.05, 4.69) is 5.32 Å². The van der Waals surface area contributed by atoms with Gasteiger partial charge in [0.15, 0.2) is 11.5 Å². The summed E-state index contributed by atoms with van der Waals surface area (Å²) in [4.78, 5) is 29.3. The van der Waals surface area contributed by atoms with Crippen molar-refractivity contribution in [2.24, 2.45) is 0 Å². The number of carbonyl (C=O) groups is 2. The number of nitrogens with zero attached hydrogens (tertiary/aromatic N) is 2. The maximum absolute atomic E-state index is 14.4. The Labute approximate surface area is 262 Å². The Morgan fingerprint density at radius 2 is 1.50 bits per heavy atom. The van der Waals surface area contributed by atoms with Crippen LogP contribution in [-0.2, 0) is 26.2 Å². The number of ether oxygens (including phenoxy) is 2. The predicted octanol–water partition coefficient (Wildman–Crippen LogP) is 5.55. The summed E-state index contributed by atoms with van der Waals surface area (Å²) in [6.45, 7) is 12.8. The van der Waals surface area contributed by atoms with E-state index in [9.17, 15) is 18.0 Å². The summed E-state index contributed by atoms with van der Waals surface area (Å²) in [7, 11) is -1.39. The summed E-state index contributed by atoms with van der Waals surface area (Å²) in [6.07, 6.45) is 0.339. The van der Waals surface area contributed by atoms with Crippen LogP contribution in [0.4, 0.5) is 5.69 Å². The zero-order valence-electron chi connectivity index (χ0n) is 27.2. The van der Waals surface area contributed by atoms with Gasteiger partial charge in [-0.05, 0) is 94.5 Å². The first-order valence-corrected chi connectivity index (χ1v) is 16.0. The fraction of sp³-hybridized carbons (Fsp3) is 0.412. The highest BCUT2D eigenvalue weighted by atomic mass is 32.2. The van der Waals surface area contributed by atoms with Crippen molar-refractivity contribution >= 4 is 27.5 Å². The van der Waals surface area contributed by atoms with Crippen molar-refractivity contribution < 1.29 is 27.5 Å². The van der Waals surface area contributed by atoms with Crippen LogP contribution in [0.1, 0.15) is 56.4 Å². The molecule has 0 heterocycles. The minimum atomic E-state index is -4.29. The van der Waals surface area contributed by atoms with Crippen LogP contribution in [0.3, 0.4) is 0 Å². The van der Waals surface area contributed by atoms with E-state index >= 15 is 0 Å². The number of hydrogen-bond acceptors (Lipinski definition) is 6. The summed E-state index contributed by atoms with van der Waals surface area (Å²) in [5, 5.41) is 2.99. The van der Waals surface area contributed by atoms with E-state index in [1.807, 2.05) is 78.8 Å². The smallest absolute Gasteiger partial charge is 0.264 e. The average Bonchev–Trinajstić information content (AvgIpc) is 2.94. The number of carbonyl (C=O) groups excluding carboxylic acids is 2. The van der Waals surface area contributed by atoms with E-state index in [0.717, 1.165) is 26.6 Å². The van der Waals surface area contributed by atoms with Gasteiger partial charge in [0.25, 0.3) is 10.0 Å². The molecule has 0 fully saturated rings. The number of sulfonamides is 1. The first-order chi connectivity index (χ1) is 20.6. The van der Waals surface area contributed by atoms with Crippen molar-refractivity contribution in [3.8, 4) is 11.5 Å². The van der Waals surface area contributed by atoms with E-state index in [1.54, 1.807) is 12.1 Å². The highest BCUT2D eigenvalue weighted by Gasteiger charge is 2.35. The Hall–Kier alpha value is -4.05. The van der Waals surface area contributed by atoms with Gasteiger partial charge >= 0.3 is 0 Å². The lowest BCUT2D eigenvalue weighted by atomic mass is 10.0. The zero-order valence-corrected chi connectivity index (χ0v) is 28.0. The highest BCUT2D eigenvalue weighted by Crippen LogP contribution is 2.33. The van der Waals surface area contributed by atoms with Crippen LogP contribution in [0.2, 0.25) is 0 Å². The summed E-state index contributed by atoms with van der Waals surface area (Å²) in [5.74, 6) is -0.193. The molecule has 0 saturated heterocycles. The molecule has 3 rings (SSSR count). The molecule has 0 saturated carbocycles. The normalized spacial score (nSPS) is 12.3. The first-order valence-electron chi connectivity index (χ1n) is 14.6. The maximum Gasteiger partial charge on any atom is 0.264 e. The second-order valence-corrected chi connectivity index (χ2v) is 13.8. The Balaban J connectivity index is 2.16. The summed E-state index contributed by atoms with van der Waals surface area (Å²) in [6, 6.07) is 16.5. The minimum Gasteiger partial charge on any atom is -0.493 e. The molecule has 2 amide bonds. The number of benzene rings is 3. The molecule has 0 aromatic heterocycles. The monoisotopic (exact) mass is 623 g/mol. The molecule has 1 unspecified atom stereocenters. The first kappa shape index (κ1) is 34.4. The van der Waals surface area contributed by atoms with E-state index in [1.165, 1.54) is 37.3 Å². The Morgan fingerprint density at radius 1 is 0.886 bits per heavy atom. The van der Waals surface area contributed by atoms with Crippen molar-refractivity contribution in [3.63, 3.8) is 0 Å². The molecule has 3 aromatic carbocycles. The van der Waals surface area contributed by atoms with Crippen molar-refractivity contribution in [2.75, 3.05) is 25.1 Å². The van der Waals surface area contributed by atoms with Gasteiger partial charge in [-0.15, -0.1) is 0 Å². The van der Waals surface area contributed by atoms with Crippen molar-refractivity contribution in [1.29, 1.82) is 0 Å². The summed E-state index contributed by atoms with van der Waals surface area (Å²) >= 11 is 0. The summed E-state index contributed by atoms with van der Waals surface area (Å²) in [5.41, 5.74) is 3.32. The van der Waals surface area contributed by atoms with E-state index < -0.39 is 34.1 Å². The predicted molar refractivity (Wildman–Crippen MR) is 174 cm³/mol. The molecule has 0 aliphatic heterocycles. The van der Waals surface area contributed by atoms with E-state index in [4.69, 9.17) is 9.47 Å². The van der Waals surface area contributed by atoms with Crippen LogP contribution >= 0.6 is 0 Å². The SMILES string of the molecule is CCC(C(=O)NC(C)(C)C)N(Cc1ccccc1C)C(=O)CN(c1cc(C)cc(C)c1)S(=O)(=O)c1ccc(OC)c(OC)c1. The van der Waals surface area contributed by atoms with Crippen molar-refractivity contribution in [1.82, 2.24) is 10.2 Å². The molecule has 0 aliphatic carbocycles. The van der Waals surface area contributed by atoms with Gasteiger partial charge in [-0.2, -0.15) is 0 Å². The zero-order chi connectivity index (χ0) is 32.8. The van der Waals surface area contributed by atoms with Gasteiger partial charge in [0.05, 0.1) is 24.8 Å². The second-order valence-electron chi connectivity index (χ2n) is 12.0. The molecule has 9 nitrogen and oxygen atoms in total. The molecular weight excluding hydrogens is 578 g/mol. The molecule has 0 spiro atoms. The largest absolute Gasteiger partial charge is 0.493 e. The molecule has 44 heavy (non-hydrogen) atoms. The van der Waals surface area contributed by atoms with Gasteiger partial charge in [0.2, 0.25) is 11.8 Å². The molecule has 1 atom stereocenters. The molecule has 3 aromatic rings. The second kappa shape index (κ2) is 14.2. The van der Waals surface area contributed by atoms with Gasteiger partial charge in [0, 0.05) is 18.2 Å². The Morgan fingerprint density at radius 3 is 2.05 bits per heavy atom. The minimum absolute atomic E-state index is 0.0647.